The van der Waals surface area contributed by atoms with Crippen LogP contribution in [0.1, 0.15) is 19.4 Å². The van der Waals surface area contributed by atoms with Gasteiger partial charge in [-0.2, -0.15) is 0 Å². The fourth-order valence-corrected chi connectivity index (χ4v) is 3.35. The van der Waals surface area contributed by atoms with Crippen molar-refractivity contribution in [1.29, 1.82) is 0 Å². The molecular formula is C19H33IN4OS. The van der Waals surface area contributed by atoms with Crippen LogP contribution < -0.4 is 10.6 Å². The maximum Gasteiger partial charge on any atom is 0.191 e. The van der Waals surface area contributed by atoms with Gasteiger partial charge in [-0.3, -0.25) is 9.89 Å². The molecule has 1 aliphatic heterocycles. The van der Waals surface area contributed by atoms with Crippen molar-refractivity contribution >= 4 is 41.7 Å². The number of thioether (sulfide) groups is 1. The second kappa shape index (κ2) is 12.8. The minimum Gasteiger partial charge on any atom is -0.374 e. The number of ether oxygens (including phenoxy) is 1. The van der Waals surface area contributed by atoms with Crippen LogP contribution in [0.4, 0.5) is 0 Å². The number of nitrogens with zero attached hydrogens (tertiary/aromatic N) is 2. The van der Waals surface area contributed by atoms with Gasteiger partial charge in [-0.1, -0.05) is 26.0 Å². The van der Waals surface area contributed by atoms with Gasteiger partial charge in [0, 0.05) is 44.7 Å². The summed E-state index contributed by atoms with van der Waals surface area (Å²) in [6, 6.07) is 8.61. The standard InChI is InChI=1S/C19H32N4OS.HI/c1-15(2)13-23-9-10-24-17(14-23)12-22-19(20-3)21-11-16-5-7-18(25-4)8-6-16;/h5-8,15,17H,9-14H2,1-4H3,(H2,20,21,22);1H. The fourth-order valence-electron chi connectivity index (χ4n) is 2.95. The van der Waals surface area contributed by atoms with Gasteiger partial charge < -0.3 is 15.4 Å². The molecule has 0 aliphatic carbocycles. The van der Waals surface area contributed by atoms with Crippen LogP contribution in [-0.2, 0) is 11.3 Å². The van der Waals surface area contributed by atoms with Crippen molar-refractivity contribution in [3.63, 3.8) is 0 Å². The summed E-state index contributed by atoms with van der Waals surface area (Å²) in [4.78, 5) is 8.08. The molecule has 26 heavy (non-hydrogen) atoms. The molecule has 0 bridgehead atoms. The van der Waals surface area contributed by atoms with E-state index in [0.717, 1.165) is 45.3 Å². The van der Waals surface area contributed by atoms with Crippen molar-refractivity contribution in [1.82, 2.24) is 15.5 Å². The van der Waals surface area contributed by atoms with Crippen molar-refractivity contribution in [3.05, 3.63) is 29.8 Å². The topological polar surface area (TPSA) is 48.9 Å². The third-order valence-electron chi connectivity index (χ3n) is 4.19. The normalized spacial score (nSPS) is 18.5. The molecule has 0 radical (unpaired) electrons. The molecule has 0 aromatic heterocycles. The Labute approximate surface area is 179 Å². The molecular weight excluding hydrogens is 459 g/mol. The van der Waals surface area contributed by atoms with Crippen molar-refractivity contribution < 1.29 is 4.74 Å². The van der Waals surface area contributed by atoms with Crippen LogP contribution in [0.25, 0.3) is 0 Å². The number of nitrogens with one attached hydrogen (secondary N) is 2. The fraction of sp³-hybridized carbons (Fsp3) is 0.632. The molecule has 1 aromatic rings. The predicted octanol–water partition coefficient (Wildman–Crippen LogP) is 3.05. The van der Waals surface area contributed by atoms with E-state index in [1.54, 1.807) is 18.8 Å². The minimum atomic E-state index is 0. The van der Waals surface area contributed by atoms with Gasteiger partial charge in [-0.15, -0.1) is 35.7 Å². The molecule has 1 fully saturated rings. The Hall–Kier alpha value is -0.510. The summed E-state index contributed by atoms with van der Waals surface area (Å²) < 4.78 is 5.88. The Morgan fingerprint density at radius 2 is 2.04 bits per heavy atom. The molecule has 1 aromatic carbocycles. The summed E-state index contributed by atoms with van der Waals surface area (Å²) in [6.45, 7) is 10.0. The van der Waals surface area contributed by atoms with E-state index in [0.29, 0.717) is 5.92 Å². The van der Waals surface area contributed by atoms with E-state index in [4.69, 9.17) is 4.74 Å². The van der Waals surface area contributed by atoms with Crippen LogP contribution in [0.3, 0.4) is 0 Å². The summed E-state index contributed by atoms with van der Waals surface area (Å²) in [5.41, 5.74) is 1.25. The first-order valence-electron chi connectivity index (χ1n) is 9.02. The number of benzene rings is 1. The first-order chi connectivity index (χ1) is 12.1. The van der Waals surface area contributed by atoms with Crippen molar-refractivity contribution in [2.24, 2.45) is 10.9 Å². The molecule has 1 heterocycles. The SMILES string of the molecule is CN=C(NCc1ccc(SC)cc1)NCC1CN(CC(C)C)CCO1.I. The van der Waals surface area contributed by atoms with E-state index < -0.39 is 0 Å². The smallest absolute Gasteiger partial charge is 0.191 e. The molecule has 1 unspecified atom stereocenters. The molecule has 148 valence electrons. The van der Waals surface area contributed by atoms with Gasteiger partial charge in [0.05, 0.1) is 12.7 Å². The molecule has 5 nitrogen and oxygen atoms in total. The lowest BCUT2D eigenvalue weighted by Crippen LogP contribution is -2.50. The number of aliphatic imine (C=N–C) groups is 1. The van der Waals surface area contributed by atoms with Crippen LogP contribution in [0.15, 0.2) is 34.2 Å². The zero-order valence-electron chi connectivity index (χ0n) is 16.3. The molecule has 0 amide bonds. The monoisotopic (exact) mass is 492 g/mol. The Morgan fingerprint density at radius 1 is 1.31 bits per heavy atom. The van der Waals surface area contributed by atoms with Gasteiger partial charge in [0.1, 0.15) is 0 Å². The second-order valence-electron chi connectivity index (χ2n) is 6.80. The maximum atomic E-state index is 5.88. The van der Waals surface area contributed by atoms with Gasteiger partial charge in [0.2, 0.25) is 0 Å². The molecule has 1 saturated heterocycles. The van der Waals surface area contributed by atoms with Crippen LogP contribution in [0, 0.1) is 5.92 Å². The van der Waals surface area contributed by atoms with E-state index in [1.807, 2.05) is 0 Å². The highest BCUT2D eigenvalue weighted by Gasteiger charge is 2.20. The molecule has 0 saturated carbocycles. The van der Waals surface area contributed by atoms with Crippen LogP contribution in [0.5, 0.6) is 0 Å². The first kappa shape index (κ1) is 23.5. The van der Waals surface area contributed by atoms with E-state index in [1.165, 1.54) is 10.5 Å². The number of halogens is 1. The van der Waals surface area contributed by atoms with E-state index in [2.05, 4.69) is 64.9 Å². The van der Waals surface area contributed by atoms with Crippen LogP contribution >= 0.6 is 35.7 Å². The summed E-state index contributed by atoms with van der Waals surface area (Å²) in [7, 11) is 1.80. The molecule has 7 heteroatoms. The highest BCUT2D eigenvalue weighted by Crippen LogP contribution is 2.14. The third kappa shape index (κ3) is 8.45. The molecule has 1 aliphatic rings. The molecule has 2 N–H and O–H groups in total. The highest BCUT2D eigenvalue weighted by molar-refractivity contribution is 14.0. The van der Waals surface area contributed by atoms with Crippen LogP contribution in [-0.4, -0.2) is 63.1 Å². The Morgan fingerprint density at radius 3 is 2.65 bits per heavy atom. The summed E-state index contributed by atoms with van der Waals surface area (Å²) >= 11 is 1.76. The Balaban J connectivity index is 0.00000338. The number of guanidine groups is 1. The van der Waals surface area contributed by atoms with Crippen molar-refractivity contribution in [2.45, 2.75) is 31.4 Å². The van der Waals surface area contributed by atoms with Crippen LogP contribution in [0.2, 0.25) is 0 Å². The molecule has 1 atom stereocenters. The van der Waals surface area contributed by atoms with Gasteiger partial charge in [-0.05, 0) is 29.9 Å². The lowest BCUT2D eigenvalue weighted by molar-refractivity contribution is -0.0284. The maximum absolute atomic E-state index is 5.88. The Kier molecular flexibility index (Phi) is 11.6. The van der Waals surface area contributed by atoms with Gasteiger partial charge in [0.25, 0.3) is 0 Å². The summed E-state index contributed by atoms with van der Waals surface area (Å²) in [5, 5.41) is 6.76. The Bertz CT molecular complexity index is 539. The zero-order valence-corrected chi connectivity index (χ0v) is 19.5. The lowest BCUT2D eigenvalue weighted by Gasteiger charge is -2.34. The van der Waals surface area contributed by atoms with Gasteiger partial charge in [-0.25, -0.2) is 0 Å². The largest absolute Gasteiger partial charge is 0.374 e. The number of hydrogen-bond acceptors (Lipinski definition) is 4. The average Bonchev–Trinajstić information content (AvgIpc) is 2.62. The second-order valence-corrected chi connectivity index (χ2v) is 7.68. The van der Waals surface area contributed by atoms with E-state index in [-0.39, 0.29) is 30.1 Å². The third-order valence-corrected chi connectivity index (χ3v) is 4.93. The summed E-state index contributed by atoms with van der Waals surface area (Å²) in [6.07, 6.45) is 2.31. The first-order valence-corrected chi connectivity index (χ1v) is 10.2. The van der Waals surface area contributed by atoms with Gasteiger partial charge in [0.15, 0.2) is 5.96 Å². The van der Waals surface area contributed by atoms with Crippen molar-refractivity contribution in [3.8, 4) is 0 Å². The van der Waals surface area contributed by atoms with Gasteiger partial charge >= 0.3 is 0 Å². The summed E-state index contributed by atoms with van der Waals surface area (Å²) in [5.74, 6) is 1.51. The van der Waals surface area contributed by atoms with E-state index in [9.17, 15) is 0 Å². The van der Waals surface area contributed by atoms with Crippen molar-refractivity contribution in [2.75, 3.05) is 46.1 Å². The number of rotatable bonds is 7. The highest BCUT2D eigenvalue weighted by atomic mass is 127. The quantitative estimate of drug-likeness (QED) is 0.265. The minimum absolute atomic E-state index is 0. The average molecular weight is 492 g/mol. The lowest BCUT2D eigenvalue weighted by atomic mass is 10.2. The van der Waals surface area contributed by atoms with E-state index >= 15 is 0 Å². The molecule has 0 spiro atoms. The zero-order chi connectivity index (χ0) is 18.1. The molecule has 2 rings (SSSR count). The number of hydrogen-bond donors (Lipinski definition) is 2. The predicted molar refractivity (Wildman–Crippen MR) is 123 cm³/mol. The number of morpholine rings is 1.